The van der Waals surface area contributed by atoms with Gasteiger partial charge in [-0.2, -0.15) is 0 Å². The molecule has 0 aliphatic heterocycles. The Kier molecular flexibility index (Phi) is 4.90. The summed E-state index contributed by atoms with van der Waals surface area (Å²) in [7, 11) is 0. The molecule has 1 aromatic rings. The van der Waals surface area contributed by atoms with Crippen LogP contribution in [0.4, 0.5) is 0 Å². The first-order chi connectivity index (χ1) is 7.86. The third kappa shape index (κ3) is 3.93. The quantitative estimate of drug-likeness (QED) is 0.833. The average molecular weight is 253 g/mol. The van der Waals surface area contributed by atoms with Crippen molar-refractivity contribution in [3.8, 4) is 5.75 Å². The van der Waals surface area contributed by atoms with Crippen molar-refractivity contribution in [1.82, 2.24) is 0 Å². The van der Waals surface area contributed by atoms with Crippen molar-refractivity contribution in [3.05, 3.63) is 24.3 Å². The largest absolute Gasteiger partial charge is 0.487 e. The fraction of sp³-hybridized carbons (Fsp3) is 0.571. The molecule has 0 spiro atoms. The van der Waals surface area contributed by atoms with Gasteiger partial charge in [-0.25, -0.2) is 0 Å². The van der Waals surface area contributed by atoms with E-state index in [0.29, 0.717) is 0 Å². The molecule has 0 fully saturated rings. The van der Waals surface area contributed by atoms with Crippen molar-refractivity contribution in [2.75, 3.05) is 6.26 Å². The molecule has 0 saturated carbocycles. The highest BCUT2D eigenvalue weighted by molar-refractivity contribution is 7.98. The van der Waals surface area contributed by atoms with E-state index in [9.17, 15) is 0 Å². The van der Waals surface area contributed by atoms with Gasteiger partial charge in [-0.05, 0) is 25.3 Å². The molecule has 0 amide bonds. The highest BCUT2D eigenvalue weighted by atomic mass is 32.2. The fourth-order valence-corrected chi connectivity index (χ4v) is 2.46. The van der Waals surface area contributed by atoms with Crippen LogP contribution in [0.3, 0.4) is 0 Å². The smallest absolute Gasteiger partial charge is 0.133 e. The van der Waals surface area contributed by atoms with E-state index in [4.69, 9.17) is 10.5 Å². The molecule has 0 aliphatic rings. The van der Waals surface area contributed by atoms with Crippen LogP contribution < -0.4 is 10.5 Å². The predicted molar refractivity (Wildman–Crippen MR) is 75.7 cm³/mol. The lowest BCUT2D eigenvalue weighted by atomic mass is 9.85. The van der Waals surface area contributed by atoms with Gasteiger partial charge in [-0.15, -0.1) is 11.8 Å². The van der Waals surface area contributed by atoms with E-state index in [-0.39, 0.29) is 17.6 Å². The summed E-state index contributed by atoms with van der Waals surface area (Å²) in [5.41, 5.74) is 6.06. The molecular weight excluding hydrogens is 230 g/mol. The van der Waals surface area contributed by atoms with E-state index >= 15 is 0 Å². The fourth-order valence-electron chi connectivity index (χ4n) is 1.93. The van der Waals surface area contributed by atoms with Gasteiger partial charge in [0.05, 0.1) is 0 Å². The topological polar surface area (TPSA) is 35.2 Å². The molecule has 0 aliphatic carbocycles. The van der Waals surface area contributed by atoms with E-state index in [1.807, 2.05) is 25.1 Å². The van der Waals surface area contributed by atoms with Gasteiger partial charge >= 0.3 is 0 Å². The number of hydrogen-bond donors (Lipinski definition) is 1. The zero-order valence-corrected chi connectivity index (χ0v) is 12.2. The maximum Gasteiger partial charge on any atom is 0.133 e. The molecule has 2 N–H and O–H groups in total. The van der Waals surface area contributed by atoms with Crippen LogP contribution in [0.15, 0.2) is 29.2 Å². The van der Waals surface area contributed by atoms with Crippen LogP contribution in [0.25, 0.3) is 0 Å². The minimum absolute atomic E-state index is 0.00455. The molecule has 0 heterocycles. The van der Waals surface area contributed by atoms with Crippen molar-refractivity contribution in [1.29, 1.82) is 0 Å². The lowest BCUT2D eigenvalue weighted by molar-refractivity contribution is 0.0658. The van der Waals surface area contributed by atoms with Crippen LogP contribution in [0.2, 0.25) is 0 Å². The molecule has 2 atom stereocenters. The summed E-state index contributed by atoms with van der Waals surface area (Å²) in [5, 5.41) is 0. The van der Waals surface area contributed by atoms with Crippen molar-refractivity contribution >= 4 is 11.8 Å². The van der Waals surface area contributed by atoms with Gasteiger partial charge in [0.25, 0.3) is 0 Å². The first-order valence-electron chi connectivity index (χ1n) is 5.91. The highest BCUT2D eigenvalue weighted by Crippen LogP contribution is 2.32. The Morgan fingerprint density at radius 1 is 1.24 bits per heavy atom. The van der Waals surface area contributed by atoms with E-state index < -0.39 is 0 Å². The third-order valence-electron chi connectivity index (χ3n) is 2.65. The standard InChI is InChI=1S/C14H23NOS/c1-10(15)13(14(2,3)4)16-11-8-6-7-9-12(11)17-5/h6-10,13H,15H2,1-5H3. The Balaban J connectivity index is 2.94. The summed E-state index contributed by atoms with van der Waals surface area (Å²) < 4.78 is 6.12. The number of thioether (sulfide) groups is 1. The molecule has 2 unspecified atom stereocenters. The van der Waals surface area contributed by atoms with Crippen LogP contribution >= 0.6 is 11.8 Å². The van der Waals surface area contributed by atoms with Gasteiger partial charge in [0.1, 0.15) is 11.9 Å². The van der Waals surface area contributed by atoms with Gasteiger partial charge in [0.2, 0.25) is 0 Å². The van der Waals surface area contributed by atoms with Crippen molar-refractivity contribution in [2.24, 2.45) is 11.1 Å². The second-order valence-corrected chi connectivity index (χ2v) is 6.26. The van der Waals surface area contributed by atoms with Gasteiger partial charge in [0, 0.05) is 16.4 Å². The SMILES string of the molecule is CSc1ccccc1OC(C(C)N)C(C)(C)C. The summed E-state index contributed by atoms with van der Waals surface area (Å²) >= 11 is 1.69. The minimum atomic E-state index is 0.00455. The van der Waals surface area contributed by atoms with E-state index in [1.54, 1.807) is 11.8 Å². The maximum absolute atomic E-state index is 6.12. The molecular formula is C14H23NOS. The van der Waals surface area contributed by atoms with Crippen LogP contribution in [0, 0.1) is 5.41 Å². The summed E-state index contributed by atoms with van der Waals surface area (Å²) in [6.45, 7) is 8.46. The van der Waals surface area contributed by atoms with Crippen LogP contribution in [-0.4, -0.2) is 18.4 Å². The monoisotopic (exact) mass is 253 g/mol. The van der Waals surface area contributed by atoms with Crippen molar-refractivity contribution in [3.63, 3.8) is 0 Å². The van der Waals surface area contributed by atoms with Gasteiger partial charge in [-0.1, -0.05) is 32.9 Å². The maximum atomic E-state index is 6.12. The predicted octanol–water partition coefficient (Wildman–Crippen LogP) is 3.55. The molecule has 0 aromatic heterocycles. The average Bonchev–Trinajstić information content (AvgIpc) is 2.24. The summed E-state index contributed by atoms with van der Waals surface area (Å²) in [6.07, 6.45) is 2.07. The molecule has 96 valence electrons. The van der Waals surface area contributed by atoms with Gasteiger partial charge in [0.15, 0.2) is 0 Å². The first kappa shape index (κ1) is 14.4. The molecule has 3 heteroatoms. The van der Waals surface area contributed by atoms with Crippen LogP contribution in [0.5, 0.6) is 5.75 Å². The van der Waals surface area contributed by atoms with Crippen molar-refractivity contribution < 1.29 is 4.74 Å². The first-order valence-corrected chi connectivity index (χ1v) is 7.14. The van der Waals surface area contributed by atoms with Gasteiger partial charge in [-0.3, -0.25) is 0 Å². The Labute approximate surface area is 109 Å². The van der Waals surface area contributed by atoms with Gasteiger partial charge < -0.3 is 10.5 Å². The third-order valence-corrected chi connectivity index (χ3v) is 3.43. The van der Waals surface area contributed by atoms with Crippen molar-refractivity contribution in [2.45, 2.75) is 44.7 Å². The normalized spacial score (nSPS) is 15.4. The zero-order chi connectivity index (χ0) is 13.1. The Bertz CT molecular complexity index is 357. The molecule has 0 saturated heterocycles. The zero-order valence-electron chi connectivity index (χ0n) is 11.4. The summed E-state index contributed by atoms with van der Waals surface area (Å²) in [6, 6.07) is 8.10. The lowest BCUT2D eigenvalue weighted by Gasteiger charge is -2.34. The summed E-state index contributed by atoms with van der Waals surface area (Å²) in [5.74, 6) is 0.928. The second kappa shape index (κ2) is 5.78. The number of nitrogens with two attached hydrogens (primary N) is 1. The highest BCUT2D eigenvalue weighted by Gasteiger charge is 2.30. The molecule has 1 aromatic carbocycles. The van der Waals surface area contributed by atoms with E-state index in [2.05, 4.69) is 33.1 Å². The molecule has 2 nitrogen and oxygen atoms in total. The number of hydrogen-bond acceptors (Lipinski definition) is 3. The minimum Gasteiger partial charge on any atom is -0.487 e. The Morgan fingerprint density at radius 2 is 1.82 bits per heavy atom. The Morgan fingerprint density at radius 3 is 2.29 bits per heavy atom. The number of rotatable bonds is 4. The molecule has 17 heavy (non-hydrogen) atoms. The van der Waals surface area contributed by atoms with Crippen LogP contribution in [-0.2, 0) is 0 Å². The molecule has 0 bridgehead atoms. The second-order valence-electron chi connectivity index (χ2n) is 5.41. The lowest BCUT2D eigenvalue weighted by Crippen LogP contribution is -2.45. The molecule has 0 radical (unpaired) electrons. The summed E-state index contributed by atoms with van der Waals surface area (Å²) in [4.78, 5) is 1.16. The molecule has 1 rings (SSSR count). The van der Waals surface area contributed by atoms with E-state index in [0.717, 1.165) is 10.6 Å². The number of benzene rings is 1. The Hall–Kier alpha value is -0.670. The number of para-hydroxylation sites is 1. The van der Waals surface area contributed by atoms with Crippen LogP contribution in [0.1, 0.15) is 27.7 Å². The van der Waals surface area contributed by atoms with E-state index in [1.165, 1.54) is 0 Å². The number of ether oxygens (including phenoxy) is 1.